The van der Waals surface area contributed by atoms with Crippen LogP contribution >= 0.6 is 0 Å². The third-order valence-corrected chi connectivity index (χ3v) is 3.57. The molecule has 1 aliphatic carbocycles. The van der Waals surface area contributed by atoms with Gasteiger partial charge in [-0.1, -0.05) is 26.7 Å². The Hall–Kier alpha value is -0.370. The fourth-order valence-corrected chi connectivity index (χ4v) is 2.44. The first kappa shape index (κ1) is 12.7. The normalized spacial score (nSPS) is 20.7. The van der Waals surface area contributed by atoms with Crippen LogP contribution in [0.2, 0.25) is 0 Å². The molecule has 0 aromatic carbocycles. The molecule has 0 amide bonds. The van der Waals surface area contributed by atoms with Crippen LogP contribution in [0.3, 0.4) is 0 Å². The van der Waals surface area contributed by atoms with Crippen LogP contribution in [0.25, 0.3) is 0 Å². The Morgan fingerprint density at radius 1 is 1.47 bits per heavy atom. The molecule has 0 spiro atoms. The molecule has 2 heteroatoms. The maximum absolute atomic E-state index is 11.8. The molecule has 1 fully saturated rings. The van der Waals surface area contributed by atoms with Crippen molar-refractivity contribution in [1.29, 1.82) is 0 Å². The van der Waals surface area contributed by atoms with Gasteiger partial charge in [-0.05, 0) is 25.2 Å². The van der Waals surface area contributed by atoms with Crippen LogP contribution in [0.1, 0.15) is 58.8 Å². The van der Waals surface area contributed by atoms with E-state index in [0.717, 1.165) is 25.7 Å². The predicted molar refractivity (Wildman–Crippen MR) is 61.9 cm³/mol. The summed E-state index contributed by atoms with van der Waals surface area (Å²) in [6.07, 6.45) is 7.05. The maximum Gasteiger partial charge on any atom is 0.136 e. The summed E-state index contributed by atoms with van der Waals surface area (Å²) in [6, 6.07) is 0. The number of rotatable bonds is 7. The Morgan fingerprint density at radius 3 is 2.53 bits per heavy atom. The van der Waals surface area contributed by atoms with Gasteiger partial charge in [0, 0.05) is 20.0 Å². The molecule has 1 aliphatic rings. The fourth-order valence-electron chi connectivity index (χ4n) is 2.44. The first-order valence-electron chi connectivity index (χ1n) is 6.19. The van der Waals surface area contributed by atoms with E-state index >= 15 is 0 Å². The van der Waals surface area contributed by atoms with Crippen molar-refractivity contribution in [3.8, 4) is 0 Å². The van der Waals surface area contributed by atoms with Gasteiger partial charge in [0.05, 0.1) is 5.60 Å². The Bertz CT molecular complexity index is 201. The zero-order valence-corrected chi connectivity index (χ0v) is 10.3. The average molecular weight is 212 g/mol. The lowest BCUT2D eigenvalue weighted by Crippen LogP contribution is -2.41. The number of ether oxygens (including phenoxy) is 1. The smallest absolute Gasteiger partial charge is 0.136 e. The van der Waals surface area contributed by atoms with Crippen LogP contribution in [-0.2, 0) is 9.53 Å². The molecule has 2 nitrogen and oxygen atoms in total. The van der Waals surface area contributed by atoms with E-state index in [1.165, 1.54) is 12.8 Å². The molecule has 0 aliphatic heterocycles. The van der Waals surface area contributed by atoms with Gasteiger partial charge < -0.3 is 4.74 Å². The number of ketones is 1. The topological polar surface area (TPSA) is 26.3 Å². The average Bonchev–Trinajstić information content (AvgIpc) is 2.11. The fraction of sp³-hybridized carbons (Fsp3) is 0.923. The summed E-state index contributed by atoms with van der Waals surface area (Å²) in [4.78, 5) is 11.8. The molecule has 0 radical (unpaired) electrons. The van der Waals surface area contributed by atoms with Gasteiger partial charge in [0.2, 0.25) is 0 Å². The maximum atomic E-state index is 11.8. The highest BCUT2D eigenvalue weighted by atomic mass is 16.5. The Morgan fingerprint density at radius 2 is 2.13 bits per heavy atom. The molecule has 0 aromatic heterocycles. The number of carbonyl (C=O) groups is 1. The van der Waals surface area contributed by atoms with Gasteiger partial charge in [-0.15, -0.1) is 0 Å². The second-order valence-electron chi connectivity index (χ2n) is 5.05. The van der Waals surface area contributed by atoms with Gasteiger partial charge in [0.15, 0.2) is 0 Å². The summed E-state index contributed by atoms with van der Waals surface area (Å²) in [5.41, 5.74) is -0.0803. The monoisotopic (exact) mass is 212 g/mol. The predicted octanol–water partition coefficient (Wildman–Crippen LogP) is 3.34. The number of hydrogen-bond donors (Lipinski definition) is 0. The van der Waals surface area contributed by atoms with Crippen molar-refractivity contribution in [2.24, 2.45) is 5.92 Å². The van der Waals surface area contributed by atoms with Crippen molar-refractivity contribution in [2.45, 2.75) is 64.4 Å². The Kier molecular flexibility index (Phi) is 4.78. The number of carbonyl (C=O) groups excluding carboxylic acids is 1. The van der Waals surface area contributed by atoms with E-state index in [1.807, 2.05) is 0 Å². The van der Waals surface area contributed by atoms with Crippen molar-refractivity contribution >= 4 is 5.78 Å². The first-order valence-corrected chi connectivity index (χ1v) is 6.19. The van der Waals surface area contributed by atoms with E-state index in [0.29, 0.717) is 18.1 Å². The van der Waals surface area contributed by atoms with Gasteiger partial charge in [0.25, 0.3) is 0 Å². The minimum absolute atomic E-state index is 0.0803. The third kappa shape index (κ3) is 3.60. The molecule has 1 atom stereocenters. The van der Waals surface area contributed by atoms with Crippen molar-refractivity contribution in [1.82, 2.24) is 0 Å². The minimum atomic E-state index is -0.0803. The van der Waals surface area contributed by atoms with Crippen molar-refractivity contribution < 1.29 is 9.53 Å². The van der Waals surface area contributed by atoms with E-state index in [2.05, 4.69) is 13.8 Å². The summed E-state index contributed by atoms with van der Waals surface area (Å²) in [5, 5.41) is 0. The van der Waals surface area contributed by atoms with Gasteiger partial charge in [-0.2, -0.15) is 0 Å². The molecule has 0 heterocycles. The van der Waals surface area contributed by atoms with E-state index in [-0.39, 0.29) is 5.60 Å². The molecule has 1 rings (SSSR count). The van der Waals surface area contributed by atoms with Crippen molar-refractivity contribution in [3.05, 3.63) is 0 Å². The van der Waals surface area contributed by atoms with Gasteiger partial charge in [0.1, 0.15) is 5.78 Å². The van der Waals surface area contributed by atoms with Crippen LogP contribution < -0.4 is 0 Å². The molecule has 88 valence electrons. The summed E-state index contributed by atoms with van der Waals surface area (Å²) < 4.78 is 5.47. The highest BCUT2D eigenvalue weighted by Gasteiger charge is 2.38. The molecule has 15 heavy (non-hydrogen) atoms. The number of Topliss-reactive ketones (excluding diaryl/α,β-unsaturated/α-hetero) is 1. The molecule has 0 bridgehead atoms. The van der Waals surface area contributed by atoms with Crippen molar-refractivity contribution in [3.63, 3.8) is 0 Å². The quantitative estimate of drug-likeness (QED) is 0.647. The molecule has 0 saturated heterocycles. The Labute approximate surface area is 93.4 Å². The summed E-state index contributed by atoms with van der Waals surface area (Å²) in [6.45, 7) is 4.34. The molecular weight excluding hydrogens is 188 g/mol. The van der Waals surface area contributed by atoms with Crippen LogP contribution in [0.15, 0.2) is 0 Å². The van der Waals surface area contributed by atoms with Gasteiger partial charge in [-0.25, -0.2) is 0 Å². The second kappa shape index (κ2) is 5.64. The molecular formula is C13H24O2. The van der Waals surface area contributed by atoms with Crippen LogP contribution in [0.5, 0.6) is 0 Å². The lowest BCUT2D eigenvalue weighted by molar-refractivity contribution is -0.133. The largest absolute Gasteiger partial charge is 0.378 e. The minimum Gasteiger partial charge on any atom is -0.378 e. The number of hydrogen-bond acceptors (Lipinski definition) is 2. The van der Waals surface area contributed by atoms with Crippen LogP contribution in [-0.4, -0.2) is 18.5 Å². The highest BCUT2D eigenvalue weighted by Crippen LogP contribution is 2.38. The Balaban J connectivity index is 2.28. The second-order valence-corrected chi connectivity index (χ2v) is 5.05. The molecule has 1 unspecified atom stereocenters. The summed E-state index contributed by atoms with van der Waals surface area (Å²) in [5.74, 6) is 0.925. The highest BCUT2D eigenvalue weighted by molar-refractivity contribution is 5.79. The lowest BCUT2D eigenvalue weighted by Gasteiger charge is -2.40. The first-order chi connectivity index (χ1) is 7.12. The SMILES string of the molecule is CCCC(C)CC(=O)CC1(OC)CCC1. The summed E-state index contributed by atoms with van der Waals surface area (Å²) >= 11 is 0. The standard InChI is InChI=1S/C13H24O2/c1-4-6-11(2)9-12(14)10-13(15-3)7-5-8-13/h11H,4-10H2,1-3H3. The van der Waals surface area contributed by atoms with E-state index < -0.39 is 0 Å². The van der Waals surface area contributed by atoms with Crippen molar-refractivity contribution in [2.75, 3.05) is 7.11 Å². The van der Waals surface area contributed by atoms with Gasteiger partial charge in [-0.3, -0.25) is 4.79 Å². The third-order valence-electron chi connectivity index (χ3n) is 3.57. The molecule has 0 N–H and O–H groups in total. The van der Waals surface area contributed by atoms with Gasteiger partial charge >= 0.3 is 0 Å². The van der Waals surface area contributed by atoms with E-state index in [9.17, 15) is 4.79 Å². The zero-order valence-electron chi connectivity index (χ0n) is 10.3. The summed E-state index contributed by atoms with van der Waals surface area (Å²) in [7, 11) is 1.74. The van der Waals surface area contributed by atoms with E-state index in [4.69, 9.17) is 4.74 Å². The molecule has 1 saturated carbocycles. The lowest BCUT2D eigenvalue weighted by atomic mass is 9.75. The van der Waals surface area contributed by atoms with E-state index in [1.54, 1.807) is 7.11 Å². The number of methoxy groups -OCH3 is 1. The zero-order chi connectivity index (χ0) is 11.3. The molecule has 0 aromatic rings. The van der Waals surface area contributed by atoms with Crippen LogP contribution in [0.4, 0.5) is 0 Å². The van der Waals surface area contributed by atoms with Crippen LogP contribution in [0, 0.1) is 5.92 Å².